The van der Waals surface area contributed by atoms with Crippen LogP contribution in [0.4, 0.5) is 0 Å². The van der Waals surface area contributed by atoms with Crippen LogP contribution in [-0.4, -0.2) is 30.3 Å². The minimum absolute atomic E-state index is 0.414. The van der Waals surface area contributed by atoms with Gasteiger partial charge >= 0.3 is 0 Å². The SMILES string of the molecule is CCC(=O)CCCN1CCCCC1. The number of ketones is 1. The van der Waals surface area contributed by atoms with Crippen LogP contribution < -0.4 is 0 Å². The fourth-order valence-corrected chi connectivity index (χ4v) is 1.86. The monoisotopic (exact) mass is 183 g/mol. The van der Waals surface area contributed by atoms with E-state index in [1.165, 1.54) is 32.4 Å². The van der Waals surface area contributed by atoms with Gasteiger partial charge in [0.2, 0.25) is 0 Å². The molecule has 0 atom stereocenters. The van der Waals surface area contributed by atoms with Crippen molar-refractivity contribution in [3.8, 4) is 0 Å². The Kier molecular flexibility index (Phi) is 5.06. The summed E-state index contributed by atoms with van der Waals surface area (Å²) < 4.78 is 0. The van der Waals surface area contributed by atoms with Crippen LogP contribution in [0.1, 0.15) is 45.4 Å². The van der Waals surface area contributed by atoms with Crippen molar-refractivity contribution in [2.24, 2.45) is 0 Å². The molecule has 2 heteroatoms. The van der Waals surface area contributed by atoms with E-state index in [2.05, 4.69) is 4.90 Å². The maximum atomic E-state index is 11.0. The lowest BCUT2D eigenvalue weighted by atomic mass is 10.1. The first-order valence-corrected chi connectivity index (χ1v) is 5.57. The number of piperidine rings is 1. The van der Waals surface area contributed by atoms with Gasteiger partial charge in [0.25, 0.3) is 0 Å². The number of hydrogen-bond donors (Lipinski definition) is 0. The Hall–Kier alpha value is -0.370. The Morgan fingerprint density at radius 3 is 2.54 bits per heavy atom. The highest BCUT2D eigenvalue weighted by Crippen LogP contribution is 2.09. The molecule has 0 amide bonds. The predicted octanol–water partition coefficient (Wildman–Crippen LogP) is 2.23. The van der Waals surface area contributed by atoms with Crippen LogP contribution in [0.3, 0.4) is 0 Å². The average molecular weight is 183 g/mol. The largest absolute Gasteiger partial charge is 0.303 e. The Labute approximate surface area is 81.3 Å². The summed E-state index contributed by atoms with van der Waals surface area (Å²) in [7, 11) is 0. The quantitative estimate of drug-likeness (QED) is 0.651. The molecular weight excluding hydrogens is 162 g/mol. The van der Waals surface area contributed by atoms with E-state index in [0.717, 1.165) is 19.4 Å². The summed E-state index contributed by atoms with van der Waals surface area (Å²) in [6.45, 7) is 5.58. The Morgan fingerprint density at radius 2 is 1.92 bits per heavy atom. The Balaban J connectivity index is 2.01. The molecule has 76 valence electrons. The predicted molar refractivity (Wildman–Crippen MR) is 54.8 cm³/mol. The van der Waals surface area contributed by atoms with Crippen molar-refractivity contribution < 1.29 is 4.79 Å². The molecule has 1 aliphatic rings. The third-order valence-corrected chi connectivity index (χ3v) is 2.77. The van der Waals surface area contributed by atoms with Gasteiger partial charge in [-0.2, -0.15) is 0 Å². The second-order valence-corrected chi connectivity index (χ2v) is 3.90. The van der Waals surface area contributed by atoms with Crippen molar-refractivity contribution in [3.63, 3.8) is 0 Å². The number of likely N-dealkylation sites (tertiary alicyclic amines) is 1. The molecule has 0 unspecified atom stereocenters. The summed E-state index contributed by atoms with van der Waals surface area (Å²) in [5.74, 6) is 0.414. The topological polar surface area (TPSA) is 20.3 Å². The van der Waals surface area contributed by atoms with Crippen molar-refractivity contribution in [2.45, 2.75) is 45.4 Å². The highest BCUT2D eigenvalue weighted by Gasteiger charge is 2.09. The molecular formula is C11H21NO. The van der Waals surface area contributed by atoms with Crippen molar-refractivity contribution in [1.29, 1.82) is 0 Å². The molecule has 0 spiro atoms. The molecule has 0 aromatic heterocycles. The van der Waals surface area contributed by atoms with Crippen LogP contribution in [0, 0.1) is 0 Å². The third-order valence-electron chi connectivity index (χ3n) is 2.77. The van der Waals surface area contributed by atoms with Crippen LogP contribution in [-0.2, 0) is 4.79 Å². The minimum atomic E-state index is 0.414. The average Bonchev–Trinajstić information content (AvgIpc) is 2.19. The minimum Gasteiger partial charge on any atom is -0.303 e. The van der Waals surface area contributed by atoms with Crippen LogP contribution in [0.15, 0.2) is 0 Å². The van der Waals surface area contributed by atoms with Crippen molar-refractivity contribution in [3.05, 3.63) is 0 Å². The molecule has 13 heavy (non-hydrogen) atoms. The lowest BCUT2D eigenvalue weighted by molar-refractivity contribution is -0.118. The zero-order chi connectivity index (χ0) is 9.52. The van der Waals surface area contributed by atoms with Crippen LogP contribution in [0.25, 0.3) is 0 Å². The van der Waals surface area contributed by atoms with Gasteiger partial charge in [-0.3, -0.25) is 4.79 Å². The number of Topliss-reactive ketones (excluding diaryl/α,β-unsaturated/α-hetero) is 1. The van der Waals surface area contributed by atoms with E-state index in [0.29, 0.717) is 12.2 Å². The molecule has 1 heterocycles. The Bertz CT molecular complexity index is 150. The van der Waals surface area contributed by atoms with E-state index in [-0.39, 0.29) is 0 Å². The van der Waals surface area contributed by atoms with Crippen molar-refractivity contribution >= 4 is 5.78 Å². The van der Waals surface area contributed by atoms with Gasteiger partial charge in [0.05, 0.1) is 0 Å². The molecule has 1 rings (SSSR count). The second kappa shape index (κ2) is 6.14. The third kappa shape index (κ3) is 4.41. The van der Waals surface area contributed by atoms with Crippen molar-refractivity contribution in [1.82, 2.24) is 4.90 Å². The van der Waals surface area contributed by atoms with Crippen LogP contribution >= 0.6 is 0 Å². The molecule has 1 fully saturated rings. The molecule has 0 radical (unpaired) electrons. The van der Waals surface area contributed by atoms with E-state index < -0.39 is 0 Å². The number of nitrogens with zero attached hydrogens (tertiary/aromatic N) is 1. The molecule has 0 N–H and O–H groups in total. The molecule has 0 bridgehead atoms. The Morgan fingerprint density at radius 1 is 1.23 bits per heavy atom. The summed E-state index contributed by atoms with van der Waals surface area (Å²) in [6, 6.07) is 0. The van der Waals surface area contributed by atoms with Crippen LogP contribution in [0.2, 0.25) is 0 Å². The van der Waals surface area contributed by atoms with E-state index in [9.17, 15) is 4.79 Å². The van der Waals surface area contributed by atoms with Gasteiger partial charge in [0.1, 0.15) is 5.78 Å². The molecule has 1 saturated heterocycles. The summed E-state index contributed by atoms with van der Waals surface area (Å²) in [5, 5.41) is 0. The molecule has 0 aromatic carbocycles. The maximum Gasteiger partial charge on any atom is 0.132 e. The number of carbonyl (C=O) groups is 1. The summed E-state index contributed by atoms with van der Waals surface area (Å²) in [5.41, 5.74) is 0. The molecule has 0 saturated carbocycles. The lowest BCUT2D eigenvalue weighted by Gasteiger charge is -2.26. The molecule has 1 aliphatic heterocycles. The summed E-state index contributed by atoms with van der Waals surface area (Å²) in [6.07, 6.45) is 6.65. The second-order valence-electron chi connectivity index (χ2n) is 3.90. The van der Waals surface area contributed by atoms with E-state index in [1.807, 2.05) is 6.92 Å². The van der Waals surface area contributed by atoms with E-state index in [1.54, 1.807) is 0 Å². The summed E-state index contributed by atoms with van der Waals surface area (Å²) >= 11 is 0. The van der Waals surface area contributed by atoms with Crippen molar-refractivity contribution in [2.75, 3.05) is 19.6 Å². The van der Waals surface area contributed by atoms with Gasteiger partial charge in [0.15, 0.2) is 0 Å². The zero-order valence-electron chi connectivity index (χ0n) is 8.72. The smallest absolute Gasteiger partial charge is 0.132 e. The normalized spacial score (nSPS) is 18.8. The summed E-state index contributed by atoms with van der Waals surface area (Å²) in [4.78, 5) is 13.5. The first kappa shape index (κ1) is 10.7. The zero-order valence-corrected chi connectivity index (χ0v) is 8.72. The fraction of sp³-hybridized carbons (Fsp3) is 0.909. The first-order valence-electron chi connectivity index (χ1n) is 5.57. The first-order chi connectivity index (χ1) is 6.33. The highest BCUT2D eigenvalue weighted by atomic mass is 16.1. The van der Waals surface area contributed by atoms with Gasteiger partial charge < -0.3 is 4.90 Å². The molecule has 0 aliphatic carbocycles. The van der Waals surface area contributed by atoms with E-state index >= 15 is 0 Å². The highest BCUT2D eigenvalue weighted by molar-refractivity contribution is 5.77. The molecule has 0 aromatic rings. The van der Waals surface area contributed by atoms with Crippen LogP contribution in [0.5, 0.6) is 0 Å². The standard InChI is InChI=1S/C11H21NO/c1-2-11(13)7-6-10-12-8-4-3-5-9-12/h2-10H2,1H3. The number of rotatable bonds is 5. The van der Waals surface area contributed by atoms with E-state index in [4.69, 9.17) is 0 Å². The van der Waals surface area contributed by atoms with Gasteiger partial charge in [-0.05, 0) is 38.9 Å². The van der Waals surface area contributed by atoms with Gasteiger partial charge in [0, 0.05) is 12.8 Å². The number of carbonyl (C=O) groups excluding carboxylic acids is 1. The van der Waals surface area contributed by atoms with Gasteiger partial charge in [-0.15, -0.1) is 0 Å². The van der Waals surface area contributed by atoms with Gasteiger partial charge in [-0.1, -0.05) is 13.3 Å². The fourth-order valence-electron chi connectivity index (χ4n) is 1.86. The maximum absolute atomic E-state index is 11.0. The molecule has 2 nitrogen and oxygen atoms in total. The number of hydrogen-bond acceptors (Lipinski definition) is 2. The van der Waals surface area contributed by atoms with Gasteiger partial charge in [-0.25, -0.2) is 0 Å². The lowest BCUT2D eigenvalue weighted by Crippen LogP contribution is -2.30.